The van der Waals surface area contributed by atoms with Crippen molar-refractivity contribution in [2.45, 2.75) is 32.2 Å². The van der Waals surface area contributed by atoms with Crippen molar-refractivity contribution in [3.63, 3.8) is 0 Å². The van der Waals surface area contributed by atoms with Crippen molar-refractivity contribution >= 4 is 11.8 Å². The zero-order chi connectivity index (χ0) is 20.5. The van der Waals surface area contributed by atoms with Crippen LogP contribution < -0.4 is 10.7 Å². The van der Waals surface area contributed by atoms with Gasteiger partial charge in [0.2, 0.25) is 5.43 Å². The van der Waals surface area contributed by atoms with Gasteiger partial charge in [-0.05, 0) is 13.3 Å². The Morgan fingerprint density at radius 1 is 1.28 bits per heavy atom. The van der Waals surface area contributed by atoms with Gasteiger partial charge in [0, 0.05) is 38.4 Å². The van der Waals surface area contributed by atoms with Gasteiger partial charge in [-0.3, -0.25) is 19.3 Å². The smallest absolute Gasteiger partial charge is 0.276 e. The minimum Gasteiger partial charge on any atom is -0.503 e. The molecule has 2 atom stereocenters. The Labute approximate surface area is 168 Å². The quantitative estimate of drug-likeness (QED) is 0.673. The number of nitrogens with one attached hydrogen (secondary N) is 1. The molecular weight excluding hydrogens is 380 g/mol. The number of hydrogen-bond donors (Lipinski definition) is 2. The van der Waals surface area contributed by atoms with Gasteiger partial charge in [-0.15, -0.1) is 0 Å². The zero-order valence-electron chi connectivity index (χ0n) is 16.4. The molecule has 3 aliphatic rings. The van der Waals surface area contributed by atoms with Crippen LogP contribution >= 0.6 is 0 Å². The second-order valence-electron chi connectivity index (χ2n) is 7.61. The van der Waals surface area contributed by atoms with Crippen LogP contribution in [0.1, 0.15) is 34.2 Å². The number of pyridine rings is 1. The monoisotopic (exact) mass is 406 g/mol. The van der Waals surface area contributed by atoms with Gasteiger partial charge in [0.1, 0.15) is 5.56 Å². The molecule has 29 heavy (non-hydrogen) atoms. The number of aromatic nitrogens is 1. The Morgan fingerprint density at radius 2 is 2.03 bits per heavy atom. The lowest BCUT2D eigenvalue weighted by atomic mass is 10.1. The maximum atomic E-state index is 12.9. The number of ether oxygens (including phenoxy) is 2. The number of amides is 2. The summed E-state index contributed by atoms with van der Waals surface area (Å²) in [5, 5.41) is 13.1. The Hall–Kier alpha value is -2.43. The van der Waals surface area contributed by atoms with Crippen LogP contribution in [0, 0.1) is 0 Å². The fourth-order valence-corrected chi connectivity index (χ4v) is 4.07. The highest BCUT2D eigenvalue weighted by Gasteiger charge is 2.41. The minimum absolute atomic E-state index is 0.0485. The first-order valence-corrected chi connectivity index (χ1v) is 9.96. The number of morpholine rings is 1. The first-order valence-electron chi connectivity index (χ1n) is 9.96. The van der Waals surface area contributed by atoms with E-state index in [1.807, 2.05) is 6.92 Å². The molecule has 0 bridgehead atoms. The fraction of sp³-hybridized carbons (Fsp3) is 0.632. The van der Waals surface area contributed by atoms with E-state index in [0.717, 1.165) is 13.1 Å². The summed E-state index contributed by atoms with van der Waals surface area (Å²) in [7, 11) is 0. The minimum atomic E-state index is -0.836. The largest absolute Gasteiger partial charge is 0.503 e. The van der Waals surface area contributed by atoms with E-state index >= 15 is 0 Å². The molecule has 4 heterocycles. The van der Waals surface area contributed by atoms with Gasteiger partial charge in [0.25, 0.3) is 11.8 Å². The number of carbonyl (C=O) groups excluding carboxylic acids is 2. The topological polar surface area (TPSA) is 113 Å². The Morgan fingerprint density at radius 3 is 2.79 bits per heavy atom. The first-order chi connectivity index (χ1) is 14.0. The summed E-state index contributed by atoms with van der Waals surface area (Å²) in [5.41, 5.74) is -1.11. The van der Waals surface area contributed by atoms with Crippen molar-refractivity contribution in [1.29, 1.82) is 0 Å². The molecule has 0 aromatic carbocycles. The van der Waals surface area contributed by atoms with Crippen LogP contribution in [-0.4, -0.2) is 89.6 Å². The van der Waals surface area contributed by atoms with E-state index in [9.17, 15) is 19.5 Å². The molecule has 2 amide bonds. The van der Waals surface area contributed by atoms with Gasteiger partial charge >= 0.3 is 0 Å². The van der Waals surface area contributed by atoms with Gasteiger partial charge in [-0.2, -0.15) is 0 Å². The van der Waals surface area contributed by atoms with Crippen LogP contribution in [0.25, 0.3) is 0 Å². The summed E-state index contributed by atoms with van der Waals surface area (Å²) in [5.74, 6) is -1.71. The highest BCUT2D eigenvalue weighted by molar-refractivity contribution is 5.99. The van der Waals surface area contributed by atoms with Crippen LogP contribution in [0.3, 0.4) is 0 Å². The molecule has 158 valence electrons. The van der Waals surface area contributed by atoms with E-state index in [0.29, 0.717) is 39.3 Å². The third-order valence-corrected chi connectivity index (χ3v) is 5.74. The molecule has 1 aromatic heterocycles. The standard InChI is InChI=1S/C19H26N4O6/c1-12-2-7-29-14-11-22-10-13(16(24)17(25)15(22)19(27)23(12)14)18(26)20-3-4-21-5-8-28-9-6-21/h10,12,14,25H,2-9,11H2,1H3,(H,20,26)/t12-,14?/m1/s1. The molecule has 4 rings (SSSR count). The third-order valence-electron chi connectivity index (χ3n) is 5.74. The molecule has 0 aliphatic carbocycles. The molecule has 1 unspecified atom stereocenters. The Balaban J connectivity index is 1.52. The lowest BCUT2D eigenvalue weighted by molar-refractivity contribution is -0.112. The van der Waals surface area contributed by atoms with Gasteiger partial charge in [-0.1, -0.05) is 0 Å². The van der Waals surface area contributed by atoms with E-state index < -0.39 is 29.2 Å². The lowest BCUT2D eigenvalue weighted by Gasteiger charge is -2.44. The number of hydrogen-bond acceptors (Lipinski definition) is 7. The van der Waals surface area contributed by atoms with Crippen LogP contribution in [0.4, 0.5) is 0 Å². The van der Waals surface area contributed by atoms with Crippen molar-refractivity contribution in [3.05, 3.63) is 27.7 Å². The number of carbonyl (C=O) groups is 2. The fourth-order valence-electron chi connectivity index (χ4n) is 4.07. The highest BCUT2D eigenvalue weighted by atomic mass is 16.5. The van der Waals surface area contributed by atoms with E-state index in [1.165, 1.54) is 10.8 Å². The van der Waals surface area contributed by atoms with Crippen molar-refractivity contribution in [2.24, 2.45) is 0 Å². The highest BCUT2D eigenvalue weighted by Crippen LogP contribution is 2.29. The average molecular weight is 406 g/mol. The average Bonchev–Trinajstić information content (AvgIpc) is 2.71. The predicted molar refractivity (Wildman–Crippen MR) is 102 cm³/mol. The molecule has 1 aromatic rings. The number of fused-ring (bicyclic) bond motifs is 2. The van der Waals surface area contributed by atoms with Crippen molar-refractivity contribution in [1.82, 2.24) is 19.7 Å². The number of nitrogens with zero attached hydrogens (tertiary/aromatic N) is 3. The zero-order valence-corrected chi connectivity index (χ0v) is 16.4. The summed E-state index contributed by atoms with van der Waals surface area (Å²) < 4.78 is 12.4. The summed E-state index contributed by atoms with van der Waals surface area (Å²) in [6.07, 6.45) is 1.56. The number of aromatic hydroxyl groups is 1. The van der Waals surface area contributed by atoms with E-state index in [4.69, 9.17) is 9.47 Å². The second-order valence-corrected chi connectivity index (χ2v) is 7.61. The molecule has 2 saturated heterocycles. The first kappa shape index (κ1) is 19.9. The molecule has 2 N–H and O–H groups in total. The second kappa shape index (κ2) is 8.13. The van der Waals surface area contributed by atoms with Crippen LogP contribution in [0.5, 0.6) is 5.75 Å². The molecule has 0 saturated carbocycles. The third kappa shape index (κ3) is 3.75. The van der Waals surface area contributed by atoms with E-state index in [-0.39, 0.29) is 23.8 Å². The molecule has 10 heteroatoms. The van der Waals surface area contributed by atoms with Crippen LogP contribution in [-0.2, 0) is 16.0 Å². The van der Waals surface area contributed by atoms with Crippen molar-refractivity contribution < 1.29 is 24.2 Å². The molecular formula is C19H26N4O6. The summed E-state index contributed by atoms with van der Waals surface area (Å²) in [6, 6.07) is -0.0485. The summed E-state index contributed by atoms with van der Waals surface area (Å²) >= 11 is 0. The normalized spacial score (nSPS) is 24.7. The molecule has 3 aliphatic heterocycles. The molecule has 10 nitrogen and oxygen atoms in total. The Kier molecular flexibility index (Phi) is 5.57. The molecule has 2 fully saturated rings. The summed E-state index contributed by atoms with van der Waals surface area (Å²) in [6.45, 7) is 6.66. The lowest BCUT2D eigenvalue weighted by Crippen LogP contribution is -2.57. The van der Waals surface area contributed by atoms with Crippen molar-refractivity contribution in [2.75, 3.05) is 46.0 Å². The van der Waals surface area contributed by atoms with Gasteiger partial charge in [0.05, 0.1) is 26.4 Å². The van der Waals surface area contributed by atoms with Gasteiger partial charge in [0.15, 0.2) is 17.7 Å². The van der Waals surface area contributed by atoms with E-state index in [2.05, 4.69) is 10.2 Å². The van der Waals surface area contributed by atoms with Gasteiger partial charge < -0.3 is 29.4 Å². The maximum Gasteiger partial charge on any atom is 0.276 e. The molecule has 0 spiro atoms. The molecule has 0 radical (unpaired) electrons. The SMILES string of the molecule is C[C@@H]1CCOC2Cn3cc(C(=O)NCCN4CCOCC4)c(=O)c(O)c3C(=O)N21. The van der Waals surface area contributed by atoms with Crippen LogP contribution in [0.15, 0.2) is 11.0 Å². The number of rotatable bonds is 4. The summed E-state index contributed by atoms with van der Waals surface area (Å²) in [4.78, 5) is 41.7. The van der Waals surface area contributed by atoms with Gasteiger partial charge in [-0.25, -0.2) is 0 Å². The Bertz CT molecular complexity index is 863. The van der Waals surface area contributed by atoms with Crippen molar-refractivity contribution in [3.8, 4) is 5.75 Å². The predicted octanol–water partition coefficient (Wildman–Crippen LogP) is -0.793. The maximum absolute atomic E-state index is 12.9. The van der Waals surface area contributed by atoms with E-state index in [1.54, 1.807) is 4.90 Å². The van der Waals surface area contributed by atoms with Crippen LogP contribution in [0.2, 0.25) is 0 Å².